The molecule has 0 bridgehead atoms. The van der Waals surface area contributed by atoms with Crippen LogP contribution in [0.4, 0.5) is 0 Å². The molecule has 0 aromatic carbocycles. The molecule has 3 fully saturated rings. The third-order valence-electron chi connectivity index (χ3n) is 10.0. The molecule has 162 valence electrons. The standard InChI is InChI=1S/C28H44O/c1-18(2)19(3)7-8-20(4)24-11-12-25-23-10-9-21-17-22(29)13-15-27(21,5)26(23)14-16-28(24,25)6/h7-10,18-20,22,24-26,29H,11-17H2,1-6H3/b8-7-/t19-,20-,22-,24+,25-,26-,27-,28+/m0/s1. The van der Waals surface area contributed by atoms with Crippen molar-refractivity contribution in [2.75, 3.05) is 0 Å². The maximum atomic E-state index is 10.2. The molecule has 0 aliphatic heterocycles. The molecule has 4 aliphatic rings. The lowest BCUT2D eigenvalue weighted by molar-refractivity contribution is 0.0382. The summed E-state index contributed by atoms with van der Waals surface area (Å²) in [5.41, 5.74) is 4.07. The van der Waals surface area contributed by atoms with Crippen LogP contribution in [-0.2, 0) is 0 Å². The summed E-state index contributed by atoms with van der Waals surface area (Å²) in [5, 5.41) is 10.2. The van der Waals surface area contributed by atoms with E-state index in [4.69, 9.17) is 0 Å². The van der Waals surface area contributed by atoms with Crippen molar-refractivity contribution in [3.8, 4) is 0 Å². The molecule has 29 heavy (non-hydrogen) atoms. The summed E-state index contributed by atoms with van der Waals surface area (Å²) in [5.74, 6) is 4.38. The SMILES string of the molecule is CC(C)[C@@H](C)/C=C\[C@H](C)[C@H]1CC[C@H]2C3=CC=C4C[C@@H](O)CC[C@]4(C)[C@H]3CC[C@]12C. The van der Waals surface area contributed by atoms with E-state index in [1.807, 2.05) is 0 Å². The Morgan fingerprint density at radius 2 is 1.69 bits per heavy atom. The van der Waals surface area contributed by atoms with E-state index < -0.39 is 0 Å². The molecule has 4 aliphatic carbocycles. The van der Waals surface area contributed by atoms with E-state index in [2.05, 4.69) is 65.8 Å². The van der Waals surface area contributed by atoms with Gasteiger partial charge in [0.15, 0.2) is 0 Å². The zero-order valence-electron chi connectivity index (χ0n) is 19.7. The van der Waals surface area contributed by atoms with Gasteiger partial charge in [0.1, 0.15) is 0 Å². The summed E-state index contributed by atoms with van der Waals surface area (Å²) in [7, 11) is 0. The minimum absolute atomic E-state index is 0.116. The zero-order valence-corrected chi connectivity index (χ0v) is 19.7. The third kappa shape index (κ3) is 3.50. The number of hydrogen-bond acceptors (Lipinski definition) is 1. The second-order valence-corrected chi connectivity index (χ2v) is 11.9. The Morgan fingerprint density at radius 3 is 2.41 bits per heavy atom. The van der Waals surface area contributed by atoms with Gasteiger partial charge in [-0.3, -0.25) is 0 Å². The van der Waals surface area contributed by atoms with E-state index >= 15 is 0 Å². The van der Waals surface area contributed by atoms with Gasteiger partial charge in [-0.1, -0.05) is 77.0 Å². The normalized spacial score (nSPS) is 44.0. The predicted octanol–water partition coefficient (Wildman–Crippen LogP) is 7.33. The number of rotatable bonds is 4. The van der Waals surface area contributed by atoms with Gasteiger partial charge in [0.05, 0.1) is 6.10 Å². The summed E-state index contributed by atoms with van der Waals surface area (Å²) in [4.78, 5) is 0. The highest BCUT2D eigenvalue weighted by Crippen LogP contribution is 2.65. The lowest BCUT2D eigenvalue weighted by Gasteiger charge is -2.55. The minimum atomic E-state index is -0.116. The van der Waals surface area contributed by atoms with Gasteiger partial charge in [-0.25, -0.2) is 0 Å². The van der Waals surface area contributed by atoms with Gasteiger partial charge in [-0.05, 0) is 91.3 Å². The molecule has 3 saturated carbocycles. The molecule has 0 amide bonds. The van der Waals surface area contributed by atoms with Crippen molar-refractivity contribution < 1.29 is 5.11 Å². The van der Waals surface area contributed by atoms with Crippen LogP contribution in [0.25, 0.3) is 0 Å². The molecule has 0 heterocycles. The van der Waals surface area contributed by atoms with Crippen molar-refractivity contribution in [3.05, 3.63) is 35.5 Å². The van der Waals surface area contributed by atoms with Crippen molar-refractivity contribution >= 4 is 0 Å². The Balaban J connectivity index is 1.57. The van der Waals surface area contributed by atoms with Gasteiger partial charge in [0.25, 0.3) is 0 Å². The first kappa shape index (κ1) is 21.4. The van der Waals surface area contributed by atoms with Crippen LogP contribution in [0.2, 0.25) is 0 Å². The van der Waals surface area contributed by atoms with E-state index in [9.17, 15) is 5.11 Å². The van der Waals surface area contributed by atoms with Crippen LogP contribution in [0.15, 0.2) is 35.5 Å². The summed E-state index contributed by atoms with van der Waals surface area (Å²) in [6.45, 7) is 14.6. The third-order valence-corrected chi connectivity index (χ3v) is 10.0. The summed E-state index contributed by atoms with van der Waals surface area (Å²) in [6, 6.07) is 0. The van der Waals surface area contributed by atoms with Crippen LogP contribution in [0, 0.1) is 46.3 Å². The molecule has 0 radical (unpaired) electrons. The molecule has 0 aromatic rings. The first-order chi connectivity index (χ1) is 13.7. The fourth-order valence-corrected chi connectivity index (χ4v) is 7.59. The molecular formula is C28H44O. The Bertz CT molecular complexity index is 712. The number of hydrogen-bond donors (Lipinski definition) is 1. The average molecular weight is 397 g/mol. The first-order valence-electron chi connectivity index (χ1n) is 12.4. The topological polar surface area (TPSA) is 20.2 Å². The summed E-state index contributed by atoms with van der Waals surface area (Å²) < 4.78 is 0. The van der Waals surface area contributed by atoms with Crippen molar-refractivity contribution in [2.45, 2.75) is 92.6 Å². The second-order valence-electron chi connectivity index (χ2n) is 11.9. The van der Waals surface area contributed by atoms with Crippen LogP contribution in [0.1, 0.15) is 86.5 Å². The Morgan fingerprint density at radius 1 is 0.931 bits per heavy atom. The Kier molecular flexibility index (Phi) is 5.69. The van der Waals surface area contributed by atoms with Crippen LogP contribution in [0.5, 0.6) is 0 Å². The second kappa shape index (κ2) is 7.70. The number of aliphatic hydroxyl groups is 1. The molecule has 0 saturated heterocycles. The van der Waals surface area contributed by atoms with E-state index in [0.717, 1.165) is 36.5 Å². The molecule has 0 unspecified atom stereocenters. The highest BCUT2D eigenvalue weighted by Gasteiger charge is 2.56. The number of aliphatic hydroxyl groups excluding tert-OH is 1. The molecule has 0 spiro atoms. The van der Waals surface area contributed by atoms with Crippen molar-refractivity contribution in [3.63, 3.8) is 0 Å². The maximum Gasteiger partial charge on any atom is 0.0578 e. The van der Waals surface area contributed by atoms with Crippen LogP contribution >= 0.6 is 0 Å². The maximum absolute atomic E-state index is 10.2. The predicted molar refractivity (Wildman–Crippen MR) is 123 cm³/mol. The highest BCUT2D eigenvalue weighted by atomic mass is 16.3. The van der Waals surface area contributed by atoms with E-state index in [0.29, 0.717) is 22.7 Å². The van der Waals surface area contributed by atoms with Crippen LogP contribution < -0.4 is 0 Å². The molecule has 8 atom stereocenters. The highest BCUT2D eigenvalue weighted by molar-refractivity contribution is 5.39. The number of fused-ring (bicyclic) bond motifs is 5. The Labute approximate surface area is 179 Å². The van der Waals surface area contributed by atoms with E-state index in [1.54, 1.807) is 5.57 Å². The van der Waals surface area contributed by atoms with Gasteiger partial charge in [-0.2, -0.15) is 0 Å². The van der Waals surface area contributed by atoms with E-state index in [1.165, 1.54) is 37.7 Å². The van der Waals surface area contributed by atoms with Crippen molar-refractivity contribution in [2.24, 2.45) is 46.3 Å². The number of allylic oxidation sites excluding steroid dienone is 5. The average Bonchev–Trinajstić information content (AvgIpc) is 3.03. The van der Waals surface area contributed by atoms with Crippen molar-refractivity contribution in [1.29, 1.82) is 0 Å². The molecule has 4 rings (SSSR count). The van der Waals surface area contributed by atoms with Gasteiger partial charge >= 0.3 is 0 Å². The minimum Gasteiger partial charge on any atom is -0.393 e. The lowest BCUT2D eigenvalue weighted by atomic mass is 9.50. The van der Waals surface area contributed by atoms with E-state index in [-0.39, 0.29) is 6.10 Å². The largest absolute Gasteiger partial charge is 0.393 e. The van der Waals surface area contributed by atoms with Gasteiger partial charge in [-0.15, -0.1) is 0 Å². The van der Waals surface area contributed by atoms with Crippen LogP contribution in [-0.4, -0.2) is 11.2 Å². The van der Waals surface area contributed by atoms with Gasteiger partial charge in [0.2, 0.25) is 0 Å². The lowest BCUT2D eigenvalue weighted by Crippen LogP contribution is -2.46. The van der Waals surface area contributed by atoms with Crippen LogP contribution in [0.3, 0.4) is 0 Å². The van der Waals surface area contributed by atoms with Gasteiger partial charge < -0.3 is 5.11 Å². The molecule has 1 nitrogen and oxygen atoms in total. The molecule has 1 heteroatoms. The quantitative estimate of drug-likeness (QED) is 0.493. The molecular weight excluding hydrogens is 352 g/mol. The first-order valence-corrected chi connectivity index (χ1v) is 12.4. The van der Waals surface area contributed by atoms with Gasteiger partial charge in [0, 0.05) is 0 Å². The smallest absolute Gasteiger partial charge is 0.0578 e. The molecule has 1 N–H and O–H groups in total. The fraction of sp³-hybridized carbons (Fsp3) is 0.786. The Hall–Kier alpha value is -0.820. The summed E-state index contributed by atoms with van der Waals surface area (Å²) >= 11 is 0. The van der Waals surface area contributed by atoms with Crippen molar-refractivity contribution in [1.82, 2.24) is 0 Å². The fourth-order valence-electron chi connectivity index (χ4n) is 7.59. The zero-order chi connectivity index (χ0) is 21.0. The molecule has 0 aromatic heterocycles. The monoisotopic (exact) mass is 396 g/mol. The summed E-state index contributed by atoms with van der Waals surface area (Å²) in [6.07, 6.45) is 18.4.